The number of hydrogen-bond acceptors (Lipinski definition) is 4. The van der Waals surface area contributed by atoms with Gasteiger partial charge in [0.2, 0.25) is 0 Å². The van der Waals surface area contributed by atoms with Crippen LogP contribution in [-0.4, -0.2) is 18.1 Å². The number of carbonyl (C=O) groups is 1. The van der Waals surface area contributed by atoms with Gasteiger partial charge in [-0.1, -0.05) is 19.4 Å². The molecular weight excluding hydrogens is 497 g/mol. The number of hydrogen-bond donors (Lipinski definition) is 1. The van der Waals surface area contributed by atoms with Gasteiger partial charge in [0.15, 0.2) is 5.54 Å². The largest absolute Gasteiger partial charge is 0.489 e. The molecule has 2 rings (SSSR count). The van der Waals surface area contributed by atoms with Crippen LogP contribution in [0.1, 0.15) is 22.8 Å². The Morgan fingerprint density at radius 2 is 1.73 bits per heavy atom. The molecule has 0 radical (unpaired) electrons. The van der Waals surface area contributed by atoms with Gasteiger partial charge in [-0.3, -0.25) is 4.79 Å². The number of halogens is 6. The van der Waals surface area contributed by atoms with Crippen molar-refractivity contribution in [3.63, 3.8) is 0 Å². The molecule has 0 spiro atoms. The molecule has 2 aromatic carbocycles. The second-order valence-electron chi connectivity index (χ2n) is 6.44. The fourth-order valence-electron chi connectivity index (χ4n) is 2.19. The van der Waals surface area contributed by atoms with Crippen LogP contribution in [0.5, 0.6) is 5.75 Å². The third-order valence-corrected chi connectivity index (χ3v) is 5.59. The zero-order valence-corrected chi connectivity index (χ0v) is 17.5. The van der Waals surface area contributed by atoms with Crippen LogP contribution >= 0.6 is 26.2 Å². The van der Waals surface area contributed by atoms with Crippen LogP contribution < -0.4 is 10.1 Å². The maximum Gasteiger partial charge on any atom is 0.310 e. The second-order valence-corrected chi connectivity index (χ2v) is 9.70. The molecule has 0 bridgehead atoms. The van der Waals surface area contributed by atoms with Crippen molar-refractivity contribution < 1.29 is 29.0 Å². The maximum absolute atomic E-state index is 12.8. The van der Waals surface area contributed by atoms with Crippen LogP contribution in [0.3, 0.4) is 0 Å². The first-order valence-electron chi connectivity index (χ1n) is 7.97. The Hall–Kier alpha value is -2.83. The lowest BCUT2D eigenvalue weighted by atomic mass is 10.1. The Morgan fingerprint density at radius 3 is 2.23 bits per heavy atom. The molecule has 0 aromatic heterocycles. The summed E-state index contributed by atoms with van der Waals surface area (Å²) in [6.45, 7) is 0.933. The molecule has 2 aromatic rings. The summed E-state index contributed by atoms with van der Waals surface area (Å²) < 4.78 is 69.8. The van der Waals surface area contributed by atoms with Gasteiger partial charge < -0.3 is 10.1 Å². The van der Waals surface area contributed by atoms with Gasteiger partial charge in [-0.05, 0) is 65.3 Å². The maximum atomic E-state index is 12.8. The van der Waals surface area contributed by atoms with Gasteiger partial charge in [0, 0.05) is 5.56 Å². The molecule has 12 heteroatoms. The molecule has 1 atom stereocenters. The third kappa shape index (κ3) is 5.84. The average Bonchev–Trinajstić information content (AvgIpc) is 2.65. The lowest BCUT2D eigenvalue weighted by molar-refractivity contribution is 0.0900. The molecule has 0 aliphatic rings. The zero-order valence-electron chi connectivity index (χ0n) is 15.1. The van der Waals surface area contributed by atoms with Crippen molar-refractivity contribution in [3.8, 4) is 17.9 Å². The Morgan fingerprint density at radius 1 is 1.13 bits per heavy atom. The zero-order chi connectivity index (χ0) is 22.9. The highest BCUT2D eigenvalue weighted by Gasteiger charge is 2.65. The lowest BCUT2D eigenvalue weighted by Gasteiger charge is -2.40. The first-order valence-corrected chi connectivity index (χ1v) is 10.7. The minimum atomic E-state index is -9.85. The van der Waals surface area contributed by atoms with E-state index in [1.165, 1.54) is 19.1 Å². The van der Waals surface area contributed by atoms with E-state index in [2.05, 4.69) is 21.2 Å². The first-order chi connectivity index (χ1) is 13.6. The summed E-state index contributed by atoms with van der Waals surface area (Å²) in [6, 6.07) is 9.62. The monoisotopic (exact) mass is 509 g/mol. The summed E-state index contributed by atoms with van der Waals surface area (Å²) >= 11 is 3.21. The first kappa shape index (κ1) is 23.4. The van der Waals surface area contributed by atoms with Gasteiger partial charge in [0.1, 0.15) is 17.3 Å². The molecule has 0 aliphatic heterocycles. The van der Waals surface area contributed by atoms with E-state index in [0.717, 1.165) is 0 Å². The van der Waals surface area contributed by atoms with E-state index in [1.807, 2.05) is 12.1 Å². The van der Waals surface area contributed by atoms with Crippen molar-refractivity contribution in [2.45, 2.75) is 17.4 Å². The molecule has 1 N–H and O–H groups in total. The summed E-state index contributed by atoms with van der Waals surface area (Å²) in [5.41, 5.74) is -1.67. The Bertz CT molecular complexity index is 1080. The number of ether oxygens (including phenoxy) is 1. The molecular formula is C18H13BrF5N3O2S. The smallest absolute Gasteiger partial charge is 0.310 e. The minimum Gasteiger partial charge on any atom is -0.489 e. The van der Waals surface area contributed by atoms with E-state index in [4.69, 9.17) is 10.00 Å². The van der Waals surface area contributed by atoms with Crippen LogP contribution in [0.2, 0.25) is 0 Å². The predicted molar refractivity (Wildman–Crippen MR) is 104 cm³/mol. The van der Waals surface area contributed by atoms with Crippen molar-refractivity contribution >= 4 is 32.1 Å². The van der Waals surface area contributed by atoms with Crippen LogP contribution in [0, 0.1) is 22.7 Å². The number of nitriles is 2. The Balaban J connectivity index is 2.16. The third-order valence-electron chi connectivity index (χ3n) is 3.77. The van der Waals surface area contributed by atoms with Crippen molar-refractivity contribution in [1.29, 1.82) is 10.5 Å². The van der Waals surface area contributed by atoms with Crippen molar-refractivity contribution in [2.24, 2.45) is 0 Å². The van der Waals surface area contributed by atoms with E-state index in [0.29, 0.717) is 22.2 Å². The minimum absolute atomic E-state index is 0.112. The van der Waals surface area contributed by atoms with Gasteiger partial charge >= 0.3 is 10.2 Å². The highest BCUT2D eigenvalue weighted by atomic mass is 79.9. The Kier molecular flexibility index (Phi) is 5.58. The Labute approximate surface area is 176 Å². The van der Waals surface area contributed by atoms with E-state index in [9.17, 15) is 29.5 Å². The molecule has 0 saturated carbocycles. The fourth-order valence-corrected chi connectivity index (χ4v) is 3.20. The highest BCUT2D eigenvalue weighted by molar-refractivity contribution is 9.10. The number of rotatable bonds is 6. The fraction of sp³-hybridized carbons (Fsp3) is 0.167. The quantitative estimate of drug-likeness (QED) is 0.478. The van der Waals surface area contributed by atoms with Gasteiger partial charge in [0.25, 0.3) is 5.91 Å². The summed E-state index contributed by atoms with van der Waals surface area (Å²) in [5.74, 6) is -0.730. The van der Waals surface area contributed by atoms with Crippen molar-refractivity contribution in [1.82, 2.24) is 5.32 Å². The van der Waals surface area contributed by atoms with Crippen LogP contribution in [-0.2, 0) is 0 Å². The molecule has 1 unspecified atom stereocenters. The van der Waals surface area contributed by atoms with Crippen LogP contribution in [0.15, 0.2) is 51.8 Å². The normalized spacial score (nSPS) is 15.5. The predicted octanol–water partition coefficient (Wildman–Crippen LogP) is 6.07. The van der Waals surface area contributed by atoms with E-state index in [1.54, 1.807) is 6.07 Å². The summed E-state index contributed by atoms with van der Waals surface area (Å²) in [5, 5.41) is 20.6. The summed E-state index contributed by atoms with van der Waals surface area (Å²) in [4.78, 5) is 10.2. The van der Waals surface area contributed by atoms with Gasteiger partial charge in [-0.25, -0.2) is 0 Å². The van der Waals surface area contributed by atoms with Crippen molar-refractivity contribution in [3.05, 3.63) is 58.1 Å². The standard InChI is InChI=1S/C18H13BrF5N3O2S/c1-18(10-26,11-29-16-8-12(9-25)2-7-15(16)19)27-17(28)13-3-5-14(6-4-13)30(20,21,22,23)24/h2-8H,11H2,1H3,(H,27,28). The molecule has 5 nitrogen and oxygen atoms in total. The number of nitrogens with one attached hydrogen (secondary N) is 1. The van der Waals surface area contributed by atoms with Gasteiger partial charge in [-0.15, -0.1) is 0 Å². The van der Waals surface area contributed by atoms with E-state index in [-0.39, 0.29) is 30.1 Å². The molecule has 0 fully saturated rings. The summed E-state index contributed by atoms with van der Waals surface area (Å²) in [7, 11) is -9.85. The molecule has 0 heterocycles. The van der Waals surface area contributed by atoms with Gasteiger partial charge in [0.05, 0.1) is 22.2 Å². The lowest BCUT2D eigenvalue weighted by Crippen LogP contribution is -2.49. The van der Waals surface area contributed by atoms with Crippen molar-refractivity contribution in [2.75, 3.05) is 6.61 Å². The topological polar surface area (TPSA) is 85.9 Å². The average molecular weight is 510 g/mol. The number of carbonyl (C=O) groups excluding carboxylic acids is 1. The molecule has 1 amide bonds. The molecule has 30 heavy (non-hydrogen) atoms. The number of benzene rings is 2. The molecule has 0 aliphatic carbocycles. The molecule has 0 saturated heterocycles. The number of nitrogens with zero attached hydrogens (tertiary/aromatic N) is 2. The second kappa shape index (κ2) is 7.15. The van der Waals surface area contributed by atoms with E-state index >= 15 is 0 Å². The van der Waals surface area contributed by atoms with Crippen LogP contribution in [0.25, 0.3) is 0 Å². The highest BCUT2D eigenvalue weighted by Crippen LogP contribution is 3.02. The van der Waals surface area contributed by atoms with Gasteiger partial charge in [-0.2, -0.15) is 10.5 Å². The number of amides is 1. The SMILES string of the molecule is CC(C#N)(COc1cc(C#N)ccc1Br)NC(=O)c1ccc(S(F)(F)(F)(F)F)cc1. The van der Waals surface area contributed by atoms with Crippen LogP contribution in [0.4, 0.5) is 19.4 Å². The summed E-state index contributed by atoms with van der Waals surface area (Å²) in [6.07, 6.45) is 0. The van der Waals surface area contributed by atoms with E-state index < -0.39 is 26.6 Å². The molecule has 160 valence electrons.